The number of benzene rings is 3. The third kappa shape index (κ3) is 5.56. The van der Waals surface area contributed by atoms with E-state index < -0.39 is 0 Å². The van der Waals surface area contributed by atoms with Crippen LogP contribution in [0.25, 0.3) is 0 Å². The molecule has 7 heteroatoms. The van der Waals surface area contributed by atoms with Crippen LogP contribution < -0.4 is 10.1 Å². The van der Waals surface area contributed by atoms with Crippen molar-refractivity contribution in [3.05, 3.63) is 111 Å². The number of carbonyl (C=O) groups is 1. The predicted molar refractivity (Wildman–Crippen MR) is 132 cm³/mol. The van der Waals surface area contributed by atoms with Crippen molar-refractivity contribution in [1.29, 1.82) is 0 Å². The molecular formula is C26H23Cl2N3O2. The van der Waals surface area contributed by atoms with E-state index in [9.17, 15) is 4.79 Å². The van der Waals surface area contributed by atoms with Crippen molar-refractivity contribution in [3.8, 4) is 5.75 Å². The van der Waals surface area contributed by atoms with Gasteiger partial charge in [0.15, 0.2) is 0 Å². The van der Waals surface area contributed by atoms with E-state index in [-0.39, 0.29) is 5.91 Å². The summed E-state index contributed by atoms with van der Waals surface area (Å²) in [6, 6.07) is 22.2. The molecule has 168 valence electrons. The number of carbonyl (C=O) groups excluding carboxylic acids is 1. The van der Waals surface area contributed by atoms with Crippen LogP contribution in [0.15, 0.2) is 72.8 Å². The summed E-state index contributed by atoms with van der Waals surface area (Å²) < 4.78 is 7.61. The molecule has 0 aliphatic carbocycles. The van der Waals surface area contributed by atoms with Gasteiger partial charge in [0.05, 0.1) is 23.6 Å². The average molecular weight is 480 g/mol. The highest BCUT2D eigenvalue weighted by molar-refractivity contribution is 6.31. The maximum absolute atomic E-state index is 12.8. The lowest BCUT2D eigenvalue weighted by Crippen LogP contribution is -2.13. The van der Waals surface area contributed by atoms with Gasteiger partial charge in [-0.3, -0.25) is 9.48 Å². The van der Waals surface area contributed by atoms with Crippen molar-refractivity contribution in [3.63, 3.8) is 0 Å². The number of nitrogens with one attached hydrogen (secondary N) is 1. The summed E-state index contributed by atoms with van der Waals surface area (Å²) in [7, 11) is 0. The monoisotopic (exact) mass is 479 g/mol. The third-order valence-corrected chi connectivity index (χ3v) is 5.95. The van der Waals surface area contributed by atoms with Crippen LogP contribution in [0, 0.1) is 13.8 Å². The van der Waals surface area contributed by atoms with Crippen LogP contribution in [0.2, 0.25) is 10.0 Å². The van der Waals surface area contributed by atoms with Crippen molar-refractivity contribution in [1.82, 2.24) is 9.78 Å². The molecule has 0 radical (unpaired) electrons. The lowest BCUT2D eigenvalue weighted by atomic mass is 10.1. The number of aryl methyl sites for hydroxylation is 1. The molecule has 0 spiro atoms. The van der Waals surface area contributed by atoms with Crippen LogP contribution in [0.5, 0.6) is 5.75 Å². The molecule has 5 nitrogen and oxygen atoms in total. The number of hydrogen-bond donors (Lipinski definition) is 1. The molecule has 0 aliphatic rings. The van der Waals surface area contributed by atoms with Gasteiger partial charge in [0.25, 0.3) is 5.91 Å². The van der Waals surface area contributed by atoms with Gasteiger partial charge in [-0.1, -0.05) is 53.5 Å². The first-order chi connectivity index (χ1) is 15.9. The number of ether oxygens (including phenoxy) is 1. The number of halogens is 2. The molecular weight excluding hydrogens is 457 g/mol. The Hall–Kier alpha value is -3.28. The second-order valence-corrected chi connectivity index (χ2v) is 8.53. The topological polar surface area (TPSA) is 56.2 Å². The summed E-state index contributed by atoms with van der Waals surface area (Å²) in [6.45, 7) is 4.74. The summed E-state index contributed by atoms with van der Waals surface area (Å²) >= 11 is 12.2. The number of anilines is 1. The Labute approximate surface area is 202 Å². The minimum Gasteiger partial charge on any atom is -0.489 e. The molecule has 0 saturated carbocycles. The molecule has 0 unspecified atom stereocenters. The molecule has 1 heterocycles. The SMILES string of the molecule is Cc1nn(Cc2ccccc2Cl)c(C)c1NC(=O)c1ccc(COc2ccc(Cl)cc2)cc1. The zero-order chi connectivity index (χ0) is 23.4. The molecule has 0 bridgehead atoms. The highest BCUT2D eigenvalue weighted by Crippen LogP contribution is 2.24. The van der Waals surface area contributed by atoms with Gasteiger partial charge >= 0.3 is 0 Å². The fourth-order valence-electron chi connectivity index (χ4n) is 3.46. The Balaban J connectivity index is 1.41. The minimum absolute atomic E-state index is 0.191. The quantitative estimate of drug-likeness (QED) is 0.321. The molecule has 0 atom stereocenters. The average Bonchev–Trinajstić information content (AvgIpc) is 3.08. The summed E-state index contributed by atoms with van der Waals surface area (Å²) in [4.78, 5) is 12.8. The van der Waals surface area contributed by atoms with Crippen LogP contribution in [0.3, 0.4) is 0 Å². The van der Waals surface area contributed by atoms with Crippen molar-refractivity contribution in [2.75, 3.05) is 5.32 Å². The first-order valence-electron chi connectivity index (χ1n) is 10.5. The van der Waals surface area contributed by atoms with Gasteiger partial charge in [0.2, 0.25) is 0 Å². The molecule has 33 heavy (non-hydrogen) atoms. The maximum atomic E-state index is 12.8. The van der Waals surface area contributed by atoms with E-state index in [0.29, 0.717) is 34.4 Å². The number of nitrogens with zero attached hydrogens (tertiary/aromatic N) is 2. The lowest BCUT2D eigenvalue weighted by Gasteiger charge is -2.09. The number of hydrogen-bond acceptors (Lipinski definition) is 3. The predicted octanol–water partition coefficient (Wildman–Crippen LogP) is 6.69. The van der Waals surface area contributed by atoms with E-state index in [1.807, 2.05) is 67.1 Å². The fourth-order valence-corrected chi connectivity index (χ4v) is 3.78. The Morgan fingerprint density at radius 2 is 1.67 bits per heavy atom. The Morgan fingerprint density at radius 3 is 2.36 bits per heavy atom. The van der Waals surface area contributed by atoms with E-state index in [4.69, 9.17) is 27.9 Å². The molecule has 3 aromatic carbocycles. The van der Waals surface area contributed by atoms with Gasteiger partial charge in [0, 0.05) is 15.6 Å². The van der Waals surface area contributed by atoms with Gasteiger partial charge in [-0.05, 0) is 67.4 Å². The smallest absolute Gasteiger partial charge is 0.255 e. The first kappa shape index (κ1) is 22.9. The van der Waals surface area contributed by atoms with Gasteiger partial charge in [-0.25, -0.2) is 0 Å². The summed E-state index contributed by atoms with van der Waals surface area (Å²) in [6.07, 6.45) is 0. The number of aromatic nitrogens is 2. The van der Waals surface area contributed by atoms with Crippen molar-refractivity contribution < 1.29 is 9.53 Å². The van der Waals surface area contributed by atoms with E-state index in [1.54, 1.807) is 24.3 Å². The molecule has 1 amide bonds. The van der Waals surface area contributed by atoms with E-state index in [1.165, 1.54) is 0 Å². The highest BCUT2D eigenvalue weighted by Gasteiger charge is 2.16. The van der Waals surface area contributed by atoms with Crippen molar-refractivity contribution in [2.45, 2.75) is 27.0 Å². The molecule has 4 rings (SSSR count). The van der Waals surface area contributed by atoms with Crippen LogP contribution in [0.4, 0.5) is 5.69 Å². The summed E-state index contributed by atoms with van der Waals surface area (Å²) in [5, 5.41) is 8.94. The van der Waals surface area contributed by atoms with E-state index in [0.717, 1.165) is 28.3 Å². The van der Waals surface area contributed by atoms with Gasteiger partial charge in [-0.2, -0.15) is 5.10 Å². The van der Waals surface area contributed by atoms with Crippen molar-refractivity contribution in [2.24, 2.45) is 0 Å². The highest BCUT2D eigenvalue weighted by atomic mass is 35.5. The molecule has 4 aromatic rings. The fraction of sp³-hybridized carbons (Fsp3) is 0.154. The second-order valence-electron chi connectivity index (χ2n) is 7.69. The molecule has 1 aromatic heterocycles. The number of rotatable bonds is 7. The minimum atomic E-state index is -0.191. The van der Waals surface area contributed by atoms with Crippen LogP contribution in [0.1, 0.15) is 32.9 Å². The van der Waals surface area contributed by atoms with E-state index in [2.05, 4.69) is 10.4 Å². The number of amides is 1. The molecule has 1 N–H and O–H groups in total. The normalized spacial score (nSPS) is 10.8. The van der Waals surface area contributed by atoms with Gasteiger partial charge < -0.3 is 10.1 Å². The van der Waals surface area contributed by atoms with Crippen LogP contribution >= 0.6 is 23.2 Å². The molecule has 0 fully saturated rings. The standard InChI is InChI=1S/C26H23Cl2N3O2/c1-17-25(18(2)31(30-17)15-21-5-3-4-6-24(21)28)29-26(32)20-9-7-19(8-10-20)16-33-23-13-11-22(27)12-14-23/h3-14H,15-16H2,1-2H3,(H,29,32). The maximum Gasteiger partial charge on any atom is 0.255 e. The Kier molecular flexibility index (Phi) is 7.02. The van der Waals surface area contributed by atoms with Crippen molar-refractivity contribution >= 4 is 34.8 Å². The molecule has 0 saturated heterocycles. The lowest BCUT2D eigenvalue weighted by molar-refractivity contribution is 0.102. The summed E-state index contributed by atoms with van der Waals surface area (Å²) in [5.74, 6) is 0.546. The summed E-state index contributed by atoms with van der Waals surface area (Å²) in [5.41, 5.74) is 4.82. The Bertz CT molecular complexity index is 1270. The zero-order valence-electron chi connectivity index (χ0n) is 18.3. The largest absolute Gasteiger partial charge is 0.489 e. The first-order valence-corrected chi connectivity index (χ1v) is 11.2. The zero-order valence-corrected chi connectivity index (χ0v) is 19.8. The van der Waals surface area contributed by atoms with Crippen LogP contribution in [-0.4, -0.2) is 15.7 Å². The molecule has 0 aliphatic heterocycles. The third-order valence-electron chi connectivity index (χ3n) is 5.33. The van der Waals surface area contributed by atoms with Gasteiger partial charge in [-0.15, -0.1) is 0 Å². The Morgan fingerprint density at radius 1 is 0.970 bits per heavy atom. The van der Waals surface area contributed by atoms with Gasteiger partial charge in [0.1, 0.15) is 12.4 Å². The van der Waals surface area contributed by atoms with Crippen LogP contribution in [-0.2, 0) is 13.2 Å². The second kappa shape index (κ2) is 10.1. The van der Waals surface area contributed by atoms with E-state index >= 15 is 0 Å².